The van der Waals surface area contributed by atoms with E-state index in [4.69, 9.17) is 0 Å². The van der Waals surface area contributed by atoms with Gasteiger partial charge in [-0.3, -0.25) is 9.88 Å². The molecule has 1 aliphatic heterocycles. The molecule has 1 aromatic heterocycles. The first-order valence-corrected chi connectivity index (χ1v) is 5.56. The van der Waals surface area contributed by atoms with E-state index in [9.17, 15) is 0 Å². The Morgan fingerprint density at radius 2 is 2.40 bits per heavy atom. The lowest BCUT2D eigenvalue weighted by atomic mass is 9.92. The number of hydrogen-bond acceptors (Lipinski definition) is 3. The Kier molecular flexibility index (Phi) is 3.03. The lowest BCUT2D eigenvalue weighted by Crippen LogP contribution is -2.46. The Labute approximate surface area is 91.5 Å². The van der Waals surface area contributed by atoms with Crippen molar-refractivity contribution in [1.82, 2.24) is 15.2 Å². The van der Waals surface area contributed by atoms with Gasteiger partial charge in [-0.2, -0.15) is 0 Å². The minimum atomic E-state index is 0.0742. The van der Waals surface area contributed by atoms with Gasteiger partial charge in [0.05, 0.1) is 5.54 Å². The quantitative estimate of drug-likeness (QED) is 0.747. The van der Waals surface area contributed by atoms with Crippen LogP contribution in [0.2, 0.25) is 0 Å². The lowest BCUT2D eigenvalue weighted by molar-refractivity contribution is 0.151. The second-order valence-corrected chi connectivity index (χ2v) is 4.47. The summed E-state index contributed by atoms with van der Waals surface area (Å²) in [5.74, 6) is 0. The van der Waals surface area contributed by atoms with Crippen molar-refractivity contribution in [2.24, 2.45) is 0 Å². The van der Waals surface area contributed by atoms with Crippen LogP contribution < -0.4 is 5.32 Å². The Bertz CT molecular complexity index is 312. The van der Waals surface area contributed by atoms with Crippen LogP contribution in [0, 0.1) is 0 Å². The molecule has 0 bridgehead atoms. The molecular formula is C12H19N3. The fraction of sp³-hybridized carbons (Fsp3) is 0.583. The standard InChI is InChI=1S/C12H19N3/c1-12(11-5-3-6-13-9-11)10-14-7-4-8-15(12)2/h3,5-6,9,14H,4,7-8,10H2,1-2H3. The number of pyridine rings is 1. The van der Waals surface area contributed by atoms with E-state index < -0.39 is 0 Å². The van der Waals surface area contributed by atoms with Crippen molar-refractivity contribution in [3.05, 3.63) is 30.1 Å². The highest BCUT2D eigenvalue weighted by Crippen LogP contribution is 2.27. The van der Waals surface area contributed by atoms with E-state index in [1.54, 1.807) is 0 Å². The number of nitrogens with one attached hydrogen (secondary N) is 1. The van der Waals surface area contributed by atoms with Gasteiger partial charge in [-0.1, -0.05) is 6.07 Å². The molecule has 1 aliphatic rings. The SMILES string of the molecule is CN1CCCNCC1(C)c1cccnc1. The average molecular weight is 205 g/mol. The first-order valence-electron chi connectivity index (χ1n) is 5.56. The van der Waals surface area contributed by atoms with Crippen molar-refractivity contribution in [2.45, 2.75) is 18.9 Å². The van der Waals surface area contributed by atoms with Crippen LogP contribution in [0.25, 0.3) is 0 Å². The largest absolute Gasteiger partial charge is 0.315 e. The van der Waals surface area contributed by atoms with E-state index in [1.165, 1.54) is 12.0 Å². The fourth-order valence-electron chi connectivity index (χ4n) is 2.16. The maximum atomic E-state index is 4.22. The Morgan fingerprint density at radius 3 is 3.13 bits per heavy atom. The van der Waals surface area contributed by atoms with E-state index >= 15 is 0 Å². The molecule has 3 nitrogen and oxygen atoms in total. The number of aromatic nitrogens is 1. The molecule has 1 unspecified atom stereocenters. The van der Waals surface area contributed by atoms with Crippen molar-refractivity contribution >= 4 is 0 Å². The van der Waals surface area contributed by atoms with Gasteiger partial charge in [0.2, 0.25) is 0 Å². The van der Waals surface area contributed by atoms with Gasteiger partial charge >= 0.3 is 0 Å². The van der Waals surface area contributed by atoms with Crippen molar-refractivity contribution in [2.75, 3.05) is 26.7 Å². The molecule has 2 rings (SSSR count). The second kappa shape index (κ2) is 4.29. The maximum Gasteiger partial charge on any atom is 0.0570 e. The van der Waals surface area contributed by atoms with Gasteiger partial charge in [0.1, 0.15) is 0 Å². The summed E-state index contributed by atoms with van der Waals surface area (Å²) >= 11 is 0. The maximum absolute atomic E-state index is 4.22. The highest BCUT2D eigenvalue weighted by molar-refractivity contribution is 5.20. The minimum absolute atomic E-state index is 0.0742. The van der Waals surface area contributed by atoms with Crippen LogP contribution in [0.15, 0.2) is 24.5 Å². The molecule has 1 N–H and O–H groups in total. The summed E-state index contributed by atoms with van der Waals surface area (Å²) in [5, 5.41) is 3.50. The highest BCUT2D eigenvalue weighted by atomic mass is 15.2. The van der Waals surface area contributed by atoms with E-state index in [2.05, 4.69) is 35.2 Å². The predicted molar refractivity (Wildman–Crippen MR) is 61.7 cm³/mol. The highest BCUT2D eigenvalue weighted by Gasteiger charge is 2.32. The molecule has 1 atom stereocenters. The van der Waals surface area contributed by atoms with E-state index in [0.29, 0.717) is 0 Å². The fourth-order valence-corrected chi connectivity index (χ4v) is 2.16. The molecule has 15 heavy (non-hydrogen) atoms. The van der Waals surface area contributed by atoms with Gasteiger partial charge in [0.15, 0.2) is 0 Å². The normalized spacial score (nSPS) is 28.7. The van der Waals surface area contributed by atoms with Crippen LogP contribution in [0.1, 0.15) is 18.9 Å². The zero-order chi connectivity index (χ0) is 10.7. The van der Waals surface area contributed by atoms with Gasteiger partial charge in [-0.05, 0) is 45.1 Å². The van der Waals surface area contributed by atoms with Gasteiger partial charge in [-0.15, -0.1) is 0 Å². The van der Waals surface area contributed by atoms with Crippen LogP contribution in [0.3, 0.4) is 0 Å². The van der Waals surface area contributed by atoms with Crippen molar-refractivity contribution in [3.8, 4) is 0 Å². The zero-order valence-corrected chi connectivity index (χ0v) is 9.53. The summed E-state index contributed by atoms with van der Waals surface area (Å²) in [6.45, 7) is 5.52. The molecule has 82 valence electrons. The number of hydrogen-bond donors (Lipinski definition) is 1. The molecule has 1 aromatic rings. The number of nitrogens with zero attached hydrogens (tertiary/aromatic N) is 2. The summed E-state index contributed by atoms with van der Waals surface area (Å²) in [5.41, 5.74) is 1.37. The van der Waals surface area contributed by atoms with Crippen LogP contribution in [0.4, 0.5) is 0 Å². The second-order valence-electron chi connectivity index (χ2n) is 4.47. The summed E-state index contributed by atoms with van der Waals surface area (Å²) in [6, 6.07) is 4.18. The van der Waals surface area contributed by atoms with Crippen LogP contribution in [-0.2, 0) is 5.54 Å². The van der Waals surface area contributed by atoms with Crippen LogP contribution >= 0.6 is 0 Å². The molecule has 0 saturated carbocycles. The smallest absolute Gasteiger partial charge is 0.0570 e. The van der Waals surface area contributed by atoms with E-state index in [0.717, 1.165) is 19.6 Å². The molecule has 0 spiro atoms. The Balaban J connectivity index is 2.30. The molecule has 0 aliphatic carbocycles. The summed E-state index contributed by atoms with van der Waals surface area (Å²) < 4.78 is 0. The lowest BCUT2D eigenvalue weighted by Gasteiger charge is -2.37. The number of likely N-dealkylation sites (N-methyl/N-ethyl adjacent to an activating group) is 1. The zero-order valence-electron chi connectivity index (χ0n) is 9.53. The molecule has 0 radical (unpaired) electrons. The molecule has 0 aromatic carbocycles. The Morgan fingerprint density at radius 1 is 1.53 bits per heavy atom. The molecule has 2 heterocycles. The minimum Gasteiger partial charge on any atom is -0.315 e. The topological polar surface area (TPSA) is 28.2 Å². The monoisotopic (exact) mass is 205 g/mol. The summed E-state index contributed by atoms with van der Waals surface area (Å²) in [6.07, 6.45) is 5.02. The average Bonchev–Trinajstić information content (AvgIpc) is 2.44. The summed E-state index contributed by atoms with van der Waals surface area (Å²) in [4.78, 5) is 6.64. The number of rotatable bonds is 1. The van der Waals surface area contributed by atoms with Gasteiger partial charge in [0, 0.05) is 18.9 Å². The van der Waals surface area contributed by atoms with Crippen molar-refractivity contribution in [1.29, 1.82) is 0 Å². The van der Waals surface area contributed by atoms with E-state index in [1.807, 2.05) is 18.5 Å². The molecule has 1 fully saturated rings. The molecule has 3 heteroatoms. The van der Waals surface area contributed by atoms with E-state index in [-0.39, 0.29) is 5.54 Å². The summed E-state index contributed by atoms with van der Waals surface area (Å²) in [7, 11) is 2.19. The van der Waals surface area contributed by atoms with Crippen molar-refractivity contribution < 1.29 is 0 Å². The van der Waals surface area contributed by atoms with Crippen LogP contribution in [-0.4, -0.2) is 36.6 Å². The Hall–Kier alpha value is -0.930. The van der Waals surface area contributed by atoms with Gasteiger partial charge < -0.3 is 5.32 Å². The third kappa shape index (κ3) is 2.03. The molecular weight excluding hydrogens is 186 g/mol. The third-order valence-corrected chi connectivity index (χ3v) is 3.44. The van der Waals surface area contributed by atoms with Crippen molar-refractivity contribution in [3.63, 3.8) is 0 Å². The van der Waals surface area contributed by atoms with Gasteiger partial charge in [0.25, 0.3) is 0 Å². The predicted octanol–water partition coefficient (Wildman–Crippen LogP) is 1.22. The first-order chi connectivity index (χ1) is 7.23. The molecule has 0 amide bonds. The van der Waals surface area contributed by atoms with Crippen LogP contribution in [0.5, 0.6) is 0 Å². The molecule has 1 saturated heterocycles. The van der Waals surface area contributed by atoms with Gasteiger partial charge in [-0.25, -0.2) is 0 Å². The first kappa shape index (κ1) is 10.6. The third-order valence-electron chi connectivity index (χ3n) is 3.44.